The van der Waals surface area contributed by atoms with E-state index in [9.17, 15) is 9.59 Å². The molecular weight excluding hydrogens is 370 g/mol. The molecule has 0 saturated heterocycles. The van der Waals surface area contributed by atoms with Gasteiger partial charge in [-0.25, -0.2) is 0 Å². The summed E-state index contributed by atoms with van der Waals surface area (Å²) in [6.45, 7) is 0.0222. The van der Waals surface area contributed by atoms with Gasteiger partial charge in [0.2, 0.25) is 5.91 Å². The molecule has 0 aliphatic rings. The van der Waals surface area contributed by atoms with E-state index < -0.39 is 0 Å². The van der Waals surface area contributed by atoms with Gasteiger partial charge in [-0.2, -0.15) is 5.10 Å². The number of H-pyrrole nitrogens is 1. The molecule has 0 spiro atoms. The molecule has 0 atom stereocenters. The number of hydrogen-bond acceptors (Lipinski definition) is 5. The van der Waals surface area contributed by atoms with Gasteiger partial charge in [-0.3, -0.25) is 19.3 Å². The van der Waals surface area contributed by atoms with Gasteiger partial charge in [0.15, 0.2) is 10.6 Å². The van der Waals surface area contributed by atoms with E-state index in [0.29, 0.717) is 21.8 Å². The van der Waals surface area contributed by atoms with Crippen LogP contribution >= 0.6 is 23.6 Å². The third kappa shape index (κ3) is 3.89. The summed E-state index contributed by atoms with van der Waals surface area (Å²) in [7, 11) is 3.36. The van der Waals surface area contributed by atoms with E-state index in [1.165, 1.54) is 16.2 Å². The highest BCUT2D eigenvalue weighted by atomic mass is 32.1. The highest BCUT2D eigenvalue weighted by molar-refractivity contribution is 7.71. The lowest BCUT2D eigenvalue weighted by atomic mass is 10.2. The summed E-state index contributed by atoms with van der Waals surface area (Å²) in [5.74, 6) is 0.240. The summed E-state index contributed by atoms with van der Waals surface area (Å²) >= 11 is 6.75. The molecule has 0 unspecified atom stereocenters. The Morgan fingerprint density at radius 3 is 2.81 bits per heavy atom. The Balaban J connectivity index is 1.77. The van der Waals surface area contributed by atoms with Crippen molar-refractivity contribution in [3.05, 3.63) is 52.1 Å². The van der Waals surface area contributed by atoms with Crippen LogP contribution < -0.4 is 5.32 Å². The molecule has 1 aromatic carbocycles. The molecule has 0 aliphatic heterocycles. The van der Waals surface area contributed by atoms with E-state index in [-0.39, 0.29) is 18.4 Å². The highest BCUT2D eigenvalue weighted by Gasteiger charge is 2.14. The number of amides is 2. The number of carbonyl (C=O) groups is 2. The lowest BCUT2D eigenvalue weighted by Gasteiger charge is -2.12. The molecular formula is C17H17N5O2S2. The van der Waals surface area contributed by atoms with Crippen LogP contribution in [-0.2, 0) is 11.3 Å². The van der Waals surface area contributed by atoms with Crippen LogP contribution in [-0.4, -0.2) is 45.6 Å². The second-order valence-electron chi connectivity index (χ2n) is 5.74. The van der Waals surface area contributed by atoms with Gasteiger partial charge in [0, 0.05) is 25.3 Å². The lowest BCUT2D eigenvalue weighted by molar-refractivity contribution is -0.116. The van der Waals surface area contributed by atoms with Crippen molar-refractivity contribution in [3.8, 4) is 10.7 Å². The number of aromatic amines is 1. The smallest absolute Gasteiger partial charge is 0.253 e. The van der Waals surface area contributed by atoms with Gasteiger partial charge in [-0.1, -0.05) is 12.1 Å². The second kappa shape index (κ2) is 7.63. The van der Waals surface area contributed by atoms with E-state index in [4.69, 9.17) is 12.2 Å². The molecule has 2 amide bonds. The average molecular weight is 387 g/mol. The van der Waals surface area contributed by atoms with Crippen molar-refractivity contribution in [1.82, 2.24) is 19.7 Å². The summed E-state index contributed by atoms with van der Waals surface area (Å²) in [4.78, 5) is 26.9. The number of anilines is 1. The summed E-state index contributed by atoms with van der Waals surface area (Å²) < 4.78 is 2.02. The van der Waals surface area contributed by atoms with E-state index >= 15 is 0 Å². The summed E-state index contributed by atoms with van der Waals surface area (Å²) in [6, 6.07) is 10.6. The minimum atomic E-state index is -0.255. The van der Waals surface area contributed by atoms with Crippen molar-refractivity contribution in [3.63, 3.8) is 0 Å². The van der Waals surface area contributed by atoms with Gasteiger partial charge in [0.05, 0.1) is 4.88 Å². The first kappa shape index (κ1) is 18.0. The van der Waals surface area contributed by atoms with Crippen LogP contribution in [0.1, 0.15) is 10.4 Å². The molecule has 26 heavy (non-hydrogen) atoms. The molecule has 134 valence electrons. The number of benzene rings is 1. The zero-order valence-corrected chi connectivity index (χ0v) is 15.9. The van der Waals surface area contributed by atoms with Gasteiger partial charge < -0.3 is 10.2 Å². The average Bonchev–Trinajstić information content (AvgIpc) is 3.25. The minimum absolute atomic E-state index is 0.0222. The normalized spacial score (nSPS) is 10.5. The first-order valence-corrected chi connectivity index (χ1v) is 9.05. The third-order valence-electron chi connectivity index (χ3n) is 3.60. The van der Waals surface area contributed by atoms with Gasteiger partial charge in [0.1, 0.15) is 6.54 Å². The summed E-state index contributed by atoms with van der Waals surface area (Å²) in [5, 5.41) is 11.7. The molecule has 0 radical (unpaired) electrons. The van der Waals surface area contributed by atoms with Crippen LogP contribution in [0.25, 0.3) is 10.7 Å². The maximum Gasteiger partial charge on any atom is 0.253 e. The molecule has 3 aromatic rings. The monoisotopic (exact) mass is 387 g/mol. The Bertz CT molecular complexity index is 989. The number of carbonyl (C=O) groups excluding carboxylic acids is 2. The lowest BCUT2D eigenvalue weighted by Crippen LogP contribution is -2.22. The third-order valence-corrected chi connectivity index (χ3v) is 4.78. The van der Waals surface area contributed by atoms with Crippen molar-refractivity contribution < 1.29 is 9.59 Å². The van der Waals surface area contributed by atoms with Crippen LogP contribution in [0.15, 0.2) is 41.8 Å². The van der Waals surface area contributed by atoms with Crippen LogP contribution in [0, 0.1) is 4.77 Å². The van der Waals surface area contributed by atoms with Gasteiger partial charge in [-0.05, 0) is 41.9 Å². The molecule has 9 heteroatoms. The fourth-order valence-electron chi connectivity index (χ4n) is 2.39. The molecule has 0 bridgehead atoms. The second-order valence-corrected chi connectivity index (χ2v) is 7.08. The first-order valence-electron chi connectivity index (χ1n) is 7.76. The molecule has 7 nitrogen and oxygen atoms in total. The number of aromatic nitrogens is 3. The number of nitrogens with one attached hydrogen (secondary N) is 2. The maximum absolute atomic E-state index is 12.5. The van der Waals surface area contributed by atoms with Crippen molar-refractivity contribution in [2.24, 2.45) is 0 Å². The number of thiophene rings is 1. The summed E-state index contributed by atoms with van der Waals surface area (Å²) in [6.07, 6.45) is 0. The van der Waals surface area contributed by atoms with E-state index in [1.807, 2.05) is 17.5 Å². The van der Waals surface area contributed by atoms with Gasteiger partial charge in [-0.15, -0.1) is 11.3 Å². The van der Waals surface area contributed by atoms with Crippen LogP contribution in [0.4, 0.5) is 5.69 Å². The van der Waals surface area contributed by atoms with Crippen molar-refractivity contribution >= 4 is 41.1 Å². The molecule has 0 saturated carbocycles. The Kier molecular flexibility index (Phi) is 5.29. The zero-order chi connectivity index (χ0) is 18.7. The van der Waals surface area contributed by atoms with E-state index in [0.717, 1.165) is 4.88 Å². The molecule has 0 fully saturated rings. The molecule has 2 aromatic heterocycles. The quantitative estimate of drug-likeness (QED) is 0.659. The van der Waals surface area contributed by atoms with Crippen LogP contribution in [0.3, 0.4) is 0 Å². The van der Waals surface area contributed by atoms with Crippen molar-refractivity contribution in [2.75, 3.05) is 19.4 Å². The number of nitrogens with zero attached hydrogens (tertiary/aromatic N) is 3. The van der Waals surface area contributed by atoms with E-state index in [1.54, 1.807) is 42.9 Å². The minimum Gasteiger partial charge on any atom is -0.345 e. The Hall–Kier alpha value is -2.78. The van der Waals surface area contributed by atoms with Crippen molar-refractivity contribution in [1.29, 1.82) is 0 Å². The van der Waals surface area contributed by atoms with Crippen LogP contribution in [0.5, 0.6) is 0 Å². The molecule has 0 aliphatic carbocycles. The highest BCUT2D eigenvalue weighted by Crippen LogP contribution is 2.22. The standard InChI is InChI=1S/C17H17N5O2S2/c1-21(2)16(24)11-5-3-6-12(9-11)18-14(23)10-22-15(19-20-17(22)25)13-7-4-8-26-13/h3-9H,10H2,1-2H3,(H,18,23)(H,20,25). The zero-order valence-electron chi connectivity index (χ0n) is 14.2. The fraction of sp³-hybridized carbons (Fsp3) is 0.176. The number of hydrogen-bond donors (Lipinski definition) is 2. The molecule has 2 heterocycles. The van der Waals surface area contributed by atoms with Gasteiger partial charge in [0.25, 0.3) is 5.91 Å². The Morgan fingerprint density at radius 2 is 2.12 bits per heavy atom. The van der Waals surface area contributed by atoms with E-state index in [2.05, 4.69) is 15.5 Å². The molecule has 2 N–H and O–H groups in total. The van der Waals surface area contributed by atoms with Crippen molar-refractivity contribution in [2.45, 2.75) is 6.54 Å². The SMILES string of the molecule is CN(C)C(=O)c1cccc(NC(=O)Cn2c(-c3cccs3)n[nH]c2=S)c1. The van der Waals surface area contributed by atoms with Crippen LogP contribution in [0.2, 0.25) is 0 Å². The topological polar surface area (TPSA) is 83.0 Å². The predicted octanol–water partition coefficient (Wildman–Crippen LogP) is 3.01. The Labute approximate surface area is 159 Å². The largest absolute Gasteiger partial charge is 0.345 e. The fourth-order valence-corrected chi connectivity index (χ4v) is 3.31. The van der Waals surface area contributed by atoms with Gasteiger partial charge >= 0.3 is 0 Å². The maximum atomic E-state index is 12.5. The number of rotatable bonds is 5. The molecule has 3 rings (SSSR count). The Morgan fingerprint density at radius 1 is 1.31 bits per heavy atom. The summed E-state index contributed by atoms with van der Waals surface area (Å²) in [5.41, 5.74) is 1.06. The predicted molar refractivity (Wildman–Crippen MR) is 104 cm³/mol. The first-order chi connectivity index (χ1) is 12.5.